The fourth-order valence-electron chi connectivity index (χ4n) is 1.51. The molecule has 0 bridgehead atoms. The Labute approximate surface area is 83.5 Å². The lowest BCUT2D eigenvalue weighted by Gasteiger charge is -2.03. The van der Waals surface area contributed by atoms with Crippen LogP contribution in [0, 0.1) is 6.92 Å². The van der Waals surface area contributed by atoms with Gasteiger partial charge in [-0.3, -0.25) is 0 Å². The lowest BCUT2D eigenvalue weighted by Crippen LogP contribution is -1.98. The van der Waals surface area contributed by atoms with E-state index in [2.05, 4.69) is 13.8 Å². The third kappa shape index (κ3) is 12.0. The molecule has 0 aliphatic heterocycles. The van der Waals surface area contributed by atoms with Crippen LogP contribution in [-0.4, -0.2) is 11.2 Å². The van der Waals surface area contributed by atoms with E-state index in [1.165, 1.54) is 44.9 Å². The predicted molar refractivity (Wildman–Crippen MR) is 58.6 cm³/mol. The number of hydrogen-bond acceptors (Lipinski definition) is 1. The van der Waals surface area contributed by atoms with Gasteiger partial charge in [-0.05, 0) is 13.3 Å². The zero-order chi connectivity index (χ0) is 9.94. The van der Waals surface area contributed by atoms with Gasteiger partial charge in [0.2, 0.25) is 0 Å². The molecule has 1 unspecified atom stereocenters. The van der Waals surface area contributed by atoms with Crippen LogP contribution in [0.1, 0.15) is 64.7 Å². The molecular weight excluding hydrogens is 160 g/mol. The van der Waals surface area contributed by atoms with Crippen molar-refractivity contribution < 1.29 is 5.11 Å². The Balaban J connectivity index is 2.84. The van der Waals surface area contributed by atoms with Gasteiger partial charge >= 0.3 is 0 Å². The molecule has 1 nitrogen and oxygen atoms in total. The first-order valence-corrected chi connectivity index (χ1v) is 5.78. The largest absolute Gasteiger partial charge is 0.393 e. The molecule has 13 heavy (non-hydrogen) atoms. The highest BCUT2D eigenvalue weighted by Crippen LogP contribution is 2.10. The molecule has 0 aromatic carbocycles. The first-order valence-electron chi connectivity index (χ1n) is 5.78. The van der Waals surface area contributed by atoms with Crippen molar-refractivity contribution in [1.82, 2.24) is 0 Å². The minimum absolute atomic E-state index is 0.347. The molecular formula is C12H25O. The van der Waals surface area contributed by atoms with E-state index in [0.717, 1.165) is 12.8 Å². The Bertz CT molecular complexity index is 89.1. The summed E-state index contributed by atoms with van der Waals surface area (Å²) in [7, 11) is 0. The first kappa shape index (κ1) is 13.0. The van der Waals surface area contributed by atoms with E-state index in [4.69, 9.17) is 5.11 Å². The van der Waals surface area contributed by atoms with Gasteiger partial charge in [-0.15, -0.1) is 0 Å². The summed E-state index contributed by atoms with van der Waals surface area (Å²) in [5.74, 6) is 0. The fourth-order valence-corrected chi connectivity index (χ4v) is 1.51. The molecule has 0 heterocycles. The van der Waals surface area contributed by atoms with Gasteiger partial charge in [0.25, 0.3) is 0 Å². The van der Waals surface area contributed by atoms with Crippen molar-refractivity contribution >= 4 is 0 Å². The molecule has 0 amide bonds. The van der Waals surface area contributed by atoms with E-state index in [9.17, 15) is 0 Å². The van der Waals surface area contributed by atoms with Gasteiger partial charge in [-0.2, -0.15) is 0 Å². The SMILES string of the molecule is [CH2]C(O)CCCCCCCCCC. The topological polar surface area (TPSA) is 20.2 Å². The monoisotopic (exact) mass is 185 g/mol. The van der Waals surface area contributed by atoms with Gasteiger partial charge in [-0.25, -0.2) is 0 Å². The molecule has 0 rings (SSSR count). The van der Waals surface area contributed by atoms with E-state index in [0.29, 0.717) is 0 Å². The van der Waals surface area contributed by atoms with Crippen LogP contribution in [0.3, 0.4) is 0 Å². The minimum atomic E-state index is -0.347. The maximum absolute atomic E-state index is 8.91. The average molecular weight is 185 g/mol. The highest BCUT2D eigenvalue weighted by Gasteiger charge is 1.95. The molecule has 0 aromatic rings. The molecule has 79 valence electrons. The van der Waals surface area contributed by atoms with Crippen molar-refractivity contribution in [3.63, 3.8) is 0 Å². The van der Waals surface area contributed by atoms with Gasteiger partial charge in [0.15, 0.2) is 0 Å². The number of aliphatic hydroxyl groups excluding tert-OH is 1. The van der Waals surface area contributed by atoms with Gasteiger partial charge < -0.3 is 5.11 Å². The van der Waals surface area contributed by atoms with Crippen molar-refractivity contribution in [3.8, 4) is 0 Å². The van der Waals surface area contributed by atoms with Crippen molar-refractivity contribution in [1.29, 1.82) is 0 Å². The quantitative estimate of drug-likeness (QED) is 0.543. The standard InChI is InChI=1S/C12H25O/c1-3-4-5-6-7-8-9-10-11-12(2)13/h12-13H,2-11H2,1H3. The fraction of sp³-hybridized carbons (Fsp3) is 0.917. The second kappa shape index (κ2) is 10.0. The van der Waals surface area contributed by atoms with Gasteiger partial charge in [0, 0.05) is 0 Å². The summed E-state index contributed by atoms with van der Waals surface area (Å²) < 4.78 is 0. The van der Waals surface area contributed by atoms with Gasteiger partial charge in [0.1, 0.15) is 0 Å². The summed E-state index contributed by atoms with van der Waals surface area (Å²) >= 11 is 0. The minimum Gasteiger partial charge on any atom is -0.393 e. The Morgan fingerprint density at radius 2 is 1.38 bits per heavy atom. The Morgan fingerprint density at radius 3 is 1.85 bits per heavy atom. The molecule has 0 saturated heterocycles. The van der Waals surface area contributed by atoms with E-state index in [1.54, 1.807) is 0 Å². The van der Waals surface area contributed by atoms with E-state index in [1.807, 2.05) is 0 Å². The van der Waals surface area contributed by atoms with Crippen LogP contribution in [0.2, 0.25) is 0 Å². The molecule has 0 aliphatic carbocycles. The van der Waals surface area contributed by atoms with Crippen molar-refractivity contribution in [2.45, 2.75) is 70.8 Å². The zero-order valence-electron chi connectivity index (χ0n) is 9.10. The van der Waals surface area contributed by atoms with Gasteiger partial charge in [-0.1, -0.05) is 58.3 Å². The molecule has 0 aliphatic rings. The van der Waals surface area contributed by atoms with Crippen LogP contribution < -0.4 is 0 Å². The van der Waals surface area contributed by atoms with Crippen LogP contribution in [0.15, 0.2) is 0 Å². The average Bonchev–Trinajstić information content (AvgIpc) is 2.09. The van der Waals surface area contributed by atoms with Crippen molar-refractivity contribution in [2.75, 3.05) is 0 Å². The maximum atomic E-state index is 8.91. The van der Waals surface area contributed by atoms with E-state index in [-0.39, 0.29) is 6.10 Å². The highest BCUT2D eigenvalue weighted by atomic mass is 16.3. The summed E-state index contributed by atoms with van der Waals surface area (Å²) in [6.45, 7) is 5.80. The van der Waals surface area contributed by atoms with Crippen molar-refractivity contribution in [3.05, 3.63) is 6.92 Å². The van der Waals surface area contributed by atoms with Crippen LogP contribution in [0.4, 0.5) is 0 Å². The molecule has 1 N–H and O–H groups in total. The Hall–Kier alpha value is -0.0400. The van der Waals surface area contributed by atoms with E-state index < -0.39 is 0 Å². The Kier molecular flexibility index (Phi) is 10.0. The maximum Gasteiger partial charge on any atom is 0.0541 e. The van der Waals surface area contributed by atoms with Gasteiger partial charge in [0.05, 0.1) is 6.10 Å². The molecule has 0 aromatic heterocycles. The van der Waals surface area contributed by atoms with Crippen molar-refractivity contribution in [2.24, 2.45) is 0 Å². The first-order chi connectivity index (χ1) is 6.27. The number of hydrogen-bond donors (Lipinski definition) is 1. The number of aliphatic hydroxyl groups is 1. The molecule has 0 saturated carbocycles. The molecule has 1 heteroatoms. The van der Waals surface area contributed by atoms with E-state index >= 15 is 0 Å². The third-order valence-electron chi connectivity index (χ3n) is 2.39. The molecule has 0 fully saturated rings. The van der Waals surface area contributed by atoms with Crippen LogP contribution >= 0.6 is 0 Å². The van der Waals surface area contributed by atoms with Crippen LogP contribution in [-0.2, 0) is 0 Å². The highest BCUT2D eigenvalue weighted by molar-refractivity contribution is 4.56. The summed E-state index contributed by atoms with van der Waals surface area (Å²) in [4.78, 5) is 0. The summed E-state index contributed by atoms with van der Waals surface area (Å²) in [6.07, 6.45) is 11.1. The smallest absolute Gasteiger partial charge is 0.0541 e. The molecule has 1 atom stereocenters. The summed E-state index contributed by atoms with van der Waals surface area (Å²) in [5.41, 5.74) is 0. The second-order valence-corrected chi connectivity index (χ2v) is 3.92. The zero-order valence-corrected chi connectivity index (χ0v) is 9.10. The predicted octanol–water partition coefficient (Wildman–Crippen LogP) is 3.71. The summed E-state index contributed by atoms with van der Waals surface area (Å²) in [6, 6.07) is 0. The van der Waals surface area contributed by atoms with Crippen LogP contribution in [0.25, 0.3) is 0 Å². The summed E-state index contributed by atoms with van der Waals surface area (Å²) in [5, 5.41) is 8.91. The lowest BCUT2D eigenvalue weighted by molar-refractivity contribution is 0.205. The van der Waals surface area contributed by atoms with Crippen LogP contribution in [0.5, 0.6) is 0 Å². The molecule has 0 spiro atoms. The lowest BCUT2D eigenvalue weighted by atomic mass is 10.1. The molecule has 1 radical (unpaired) electrons. The Morgan fingerprint density at radius 1 is 0.923 bits per heavy atom. The number of rotatable bonds is 9. The second-order valence-electron chi connectivity index (χ2n) is 3.92. The third-order valence-corrected chi connectivity index (χ3v) is 2.39. The normalized spacial score (nSPS) is 13.2. The number of unbranched alkanes of at least 4 members (excludes halogenated alkanes) is 7.